The van der Waals surface area contributed by atoms with Crippen molar-refractivity contribution in [3.05, 3.63) is 18.0 Å². The van der Waals surface area contributed by atoms with Crippen molar-refractivity contribution in [2.45, 2.75) is 33.2 Å². The Morgan fingerprint density at radius 1 is 1.57 bits per heavy atom. The Morgan fingerprint density at radius 3 is 2.71 bits per heavy atom. The van der Waals surface area contributed by atoms with E-state index in [4.69, 9.17) is 4.74 Å². The largest absolute Gasteiger partial charge is 0.380 e. The Hall–Kier alpha value is -0.830. The minimum atomic E-state index is 0.306. The number of aromatic nitrogens is 2. The summed E-state index contributed by atoms with van der Waals surface area (Å²) in [5, 5.41) is 4.37. The van der Waals surface area contributed by atoms with Gasteiger partial charge in [0.15, 0.2) is 0 Å². The van der Waals surface area contributed by atoms with E-state index in [1.54, 1.807) is 0 Å². The van der Waals surface area contributed by atoms with Crippen LogP contribution in [0, 0.1) is 5.41 Å². The molecule has 1 saturated heterocycles. The van der Waals surface area contributed by atoms with Crippen LogP contribution in [0.1, 0.15) is 32.3 Å². The van der Waals surface area contributed by atoms with Gasteiger partial charge in [0.05, 0.1) is 26.0 Å². The fourth-order valence-corrected chi connectivity index (χ4v) is 1.70. The molecule has 2 heterocycles. The highest BCUT2D eigenvalue weighted by molar-refractivity contribution is 5.08. The number of nitrogens with zero attached hydrogens (tertiary/aromatic N) is 2. The van der Waals surface area contributed by atoms with Crippen molar-refractivity contribution in [3.8, 4) is 0 Å². The van der Waals surface area contributed by atoms with E-state index < -0.39 is 0 Å². The van der Waals surface area contributed by atoms with Gasteiger partial charge in [-0.3, -0.25) is 4.68 Å². The van der Waals surface area contributed by atoms with Crippen LogP contribution in [-0.4, -0.2) is 23.0 Å². The average molecular weight is 194 g/mol. The molecule has 0 atom stereocenters. The lowest BCUT2D eigenvalue weighted by Crippen LogP contribution is -2.43. The monoisotopic (exact) mass is 194 g/mol. The highest BCUT2D eigenvalue weighted by Crippen LogP contribution is 2.28. The number of ether oxygens (including phenoxy) is 1. The molecule has 0 N–H and O–H groups in total. The minimum absolute atomic E-state index is 0.306. The van der Waals surface area contributed by atoms with Crippen LogP contribution >= 0.6 is 0 Å². The first-order valence-corrected chi connectivity index (χ1v) is 5.19. The van der Waals surface area contributed by atoms with E-state index in [9.17, 15) is 0 Å². The molecule has 0 bridgehead atoms. The molecule has 3 nitrogen and oxygen atoms in total. The lowest BCUT2D eigenvalue weighted by molar-refractivity contribution is -0.111. The Kier molecular flexibility index (Phi) is 2.35. The summed E-state index contributed by atoms with van der Waals surface area (Å²) in [5.41, 5.74) is 1.62. The first-order chi connectivity index (χ1) is 6.59. The standard InChI is InChI=1S/C11H18N2O/c1-9(2)10-4-12-13(5-10)6-11(3)7-14-8-11/h4-5,9H,6-8H2,1-3H3. The summed E-state index contributed by atoms with van der Waals surface area (Å²) in [7, 11) is 0. The molecule has 0 spiro atoms. The van der Waals surface area contributed by atoms with Gasteiger partial charge >= 0.3 is 0 Å². The molecular weight excluding hydrogens is 176 g/mol. The van der Waals surface area contributed by atoms with Gasteiger partial charge < -0.3 is 4.74 Å². The Balaban J connectivity index is 2.02. The quantitative estimate of drug-likeness (QED) is 0.736. The van der Waals surface area contributed by atoms with Gasteiger partial charge in [0.1, 0.15) is 0 Å². The summed E-state index contributed by atoms with van der Waals surface area (Å²) in [5.74, 6) is 0.564. The Bertz CT molecular complexity index is 313. The predicted octanol–water partition coefficient (Wildman–Crippen LogP) is 2.04. The van der Waals surface area contributed by atoms with Crippen molar-refractivity contribution < 1.29 is 4.74 Å². The van der Waals surface area contributed by atoms with Crippen LogP contribution in [-0.2, 0) is 11.3 Å². The summed E-state index contributed by atoms with van der Waals surface area (Å²) >= 11 is 0. The molecule has 2 rings (SSSR count). The number of rotatable bonds is 3. The molecule has 0 unspecified atom stereocenters. The molecule has 1 fully saturated rings. The van der Waals surface area contributed by atoms with Crippen LogP contribution < -0.4 is 0 Å². The fraction of sp³-hybridized carbons (Fsp3) is 0.727. The summed E-state index contributed by atoms with van der Waals surface area (Å²) in [6.07, 6.45) is 4.11. The topological polar surface area (TPSA) is 27.1 Å². The summed E-state index contributed by atoms with van der Waals surface area (Å²) in [4.78, 5) is 0. The van der Waals surface area contributed by atoms with Crippen molar-refractivity contribution in [2.24, 2.45) is 5.41 Å². The second-order valence-corrected chi connectivity index (χ2v) is 4.93. The molecule has 1 aromatic heterocycles. The molecule has 0 aromatic carbocycles. The van der Waals surface area contributed by atoms with Gasteiger partial charge in [0.2, 0.25) is 0 Å². The molecule has 0 amide bonds. The van der Waals surface area contributed by atoms with Crippen molar-refractivity contribution in [1.29, 1.82) is 0 Å². The van der Waals surface area contributed by atoms with E-state index in [2.05, 4.69) is 32.1 Å². The molecular formula is C11H18N2O. The van der Waals surface area contributed by atoms with Gasteiger partial charge in [-0.1, -0.05) is 20.8 Å². The zero-order valence-corrected chi connectivity index (χ0v) is 9.16. The maximum absolute atomic E-state index is 5.22. The molecule has 78 valence electrons. The maximum Gasteiger partial charge on any atom is 0.0560 e. The first kappa shape index (κ1) is 9.71. The van der Waals surface area contributed by atoms with Gasteiger partial charge in [-0.25, -0.2) is 0 Å². The van der Waals surface area contributed by atoms with Gasteiger partial charge in [0, 0.05) is 11.6 Å². The lowest BCUT2D eigenvalue weighted by Gasteiger charge is -2.37. The second kappa shape index (κ2) is 3.39. The van der Waals surface area contributed by atoms with E-state index in [1.165, 1.54) is 5.56 Å². The molecule has 1 aliphatic heterocycles. The van der Waals surface area contributed by atoms with E-state index >= 15 is 0 Å². The Labute approximate surface area is 85.1 Å². The van der Waals surface area contributed by atoms with Gasteiger partial charge in [0.25, 0.3) is 0 Å². The van der Waals surface area contributed by atoms with Crippen molar-refractivity contribution in [3.63, 3.8) is 0 Å². The van der Waals surface area contributed by atoms with Crippen LogP contribution in [0.3, 0.4) is 0 Å². The fourth-order valence-electron chi connectivity index (χ4n) is 1.70. The second-order valence-electron chi connectivity index (χ2n) is 4.93. The van der Waals surface area contributed by atoms with Crippen molar-refractivity contribution in [1.82, 2.24) is 9.78 Å². The number of hydrogen-bond donors (Lipinski definition) is 0. The Morgan fingerprint density at radius 2 is 2.29 bits per heavy atom. The first-order valence-electron chi connectivity index (χ1n) is 5.19. The molecule has 0 radical (unpaired) electrons. The number of hydrogen-bond acceptors (Lipinski definition) is 2. The molecule has 1 aliphatic rings. The highest BCUT2D eigenvalue weighted by atomic mass is 16.5. The van der Waals surface area contributed by atoms with Crippen molar-refractivity contribution in [2.75, 3.05) is 13.2 Å². The van der Waals surface area contributed by atoms with Crippen LogP contribution in [0.4, 0.5) is 0 Å². The van der Waals surface area contributed by atoms with E-state index in [-0.39, 0.29) is 0 Å². The van der Waals surface area contributed by atoms with Gasteiger partial charge in [-0.05, 0) is 11.5 Å². The third-order valence-corrected chi connectivity index (χ3v) is 2.76. The zero-order chi connectivity index (χ0) is 10.2. The summed E-state index contributed by atoms with van der Waals surface area (Å²) in [6.45, 7) is 9.33. The lowest BCUT2D eigenvalue weighted by atomic mass is 9.89. The average Bonchev–Trinajstić information content (AvgIpc) is 2.50. The SMILES string of the molecule is CC(C)c1cnn(CC2(C)COC2)c1. The third-order valence-electron chi connectivity index (χ3n) is 2.76. The zero-order valence-electron chi connectivity index (χ0n) is 9.16. The molecule has 1 aromatic rings. The molecule has 3 heteroatoms. The maximum atomic E-state index is 5.22. The predicted molar refractivity (Wildman–Crippen MR) is 55.2 cm³/mol. The summed E-state index contributed by atoms with van der Waals surface area (Å²) < 4.78 is 7.26. The molecule has 0 aliphatic carbocycles. The van der Waals surface area contributed by atoms with Crippen LogP contribution in [0.5, 0.6) is 0 Å². The van der Waals surface area contributed by atoms with Crippen LogP contribution in [0.15, 0.2) is 12.4 Å². The minimum Gasteiger partial charge on any atom is -0.380 e. The molecule has 0 saturated carbocycles. The van der Waals surface area contributed by atoms with Gasteiger partial charge in [-0.2, -0.15) is 5.10 Å². The van der Waals surface area contributed by atoms with Crippen molar-refractivity contribution >= 4 is 0 Å². The van der Waals surface area contributed by atoms with Gasteiger partial charge in [-0.15, -0.1) is 0 Å². The van der Waals surface area contributed by atoms with E-state index in [0.717, 1.165) is 19.8 Å². The van der Waals surface area contributed by atoms with E-state index in [0.29, 0.717) is 11.3 Å². The highest BCUT2D eigenvalue weighted by Gasteiger charge is 2.33. The molecule has 14 heavy (non-hydrogen) atoms. The third kappa shape index (κ3) is 1.82. The van der Waals surface area contributed by atoms with E-state index in [1.807, 2.05) is 10.9 Å². The summed E-state index contributed by atoms with van der Waals surface area (Å²) in [6, 6.07) is 0. The van der Waals surface area contributed by atoms with Crippen LogP contribution in [0.25, 0.3) is 0 Å². The normalized spacial score (nSPS) is 19.7. The smallest absolute Gasteiger partial charge is 0.0560 e. The van der Waals surface area contributed by atoms with Crippen LogP contribution in [0.2, 0.25) is 0 Å².